The number of amides is 4. The quantitative estimate of drug-likeness (QED) is 0.0627. The predicted molar refractivity (Wildman–Crippen MR) is 273 cm³/mol. The zero-order chi connectivity index (χ0) is 51.2. The van der Waals surface area contributed by atoms with Crippen LogP contribution in [0, 0.1) is 26.6 Å². The molecule has 9 rings (SSSR count). The number of esters is 1. The highest BCUT2D eigenvalue weighted by atomic mass is 35.5. The minimum atomic E-state index is -0.841. The Bertz CT molecular complexity index is 3310. The van der Waals surface area contributed by atoms with Crippen LogP contribution in [-0.4, -0.2) is 114 Å². The van der Waals surface area contributed by atoms with Gasteiger partial charge >= 0.3 is 5.97 Å². The van der Waals surface area contributed by atoms with Gasteiger partial charge in [0, 0.05) is 80.3 Å². The smallest absolute Gasteiger partial charge is 0.355 e. The fourth-order valence-corrected chi connectivity index (χ4v) is 10.3. The maximum absolute atomic E-state index is 14.7. The summed E-state index contributed by atoms with van der Waals surface area (Å²) in [6.45, 7) is 14.7. The number of benzene rings is 4. The Kier molecular flexibility index (Phi) is 14.0. The largest absolute Gasteiger partial charge is 0.493 e. The van der Waals surface area contributed by atoms with Gasteiger partial charge in [-0.3, -0.25) is 34.1 Å². The number of hydrogen-bond donors (Lipinski definition) is 2. The number of para-hydroxylation sites is 1. The van der Waals surface area contributed by atoms with Crippen molar-refractivity contribution in [2.24, 2.45) is 7.05 Å². The summed E-state index contributed by atoms with van der Waals surface area (Å²) < 4.78 is 32.3. The minimum absolute atomic E-state index is 0.0155. The van der Waals surface area contributed by atoms with Crippen molar-refractivity contribution in [2.75, 3.05) is 39.3 Å². The molecule has 5 heterocycles. The maximum atomic E-state index is 14.7. The summed E-state index contributed by atoms with van der Waals surface area (Å²) in [5, 5.41) is 12.7. The highest BCUT2D eigenvalue weighted by molar-refractivity contribution is 6.35. The van der Waals surface area contributed by atoms with Gasteiger partial charge in [-0.15, -0.1) is 0 Å². The number of imidazole rings is 1. The number of rotatable bonds is 14. The van der Waals surface area contributed by atoms with Crippen LogP contribution in [-0.2, 0) is 45.7 Å². The van der Waals surface area contributed by atoms with Gasteiger partial charge in [-0.05, 0) is 114 Å². The van der Waals surface area contributed by atoms with E-state index in [1.165, 1.54) is 12.1 Å². The molecule has 4 amide bonds. The molecule has 2 fully saturated rings. The average Bonchev–Trinajstić information content (AvgIpc) is 3.92. The van der Waals surface area contributed by atoms with E-state index in [2.05, 4.69) is 25.1 Å². The van der Waals surface area contributed by atoms with Crippen molar-refractivity contribution in [3.05, 3.63) is 112 Å². The average molecular weight is 1000 g/mol. The molecular formula is C54H59ClFN9O7. The predicted octanol–water partition coefficient (Wildman–Crippen LogP) is 7.61. The molecular weight excluding hydrogens is 941 g/mol. The molecule has 2 aliphatic rings. The number of imide groups is 1. The van der Waals surface area contributed by atoms with Gasteiger partial charge < -0.3 is 28.8 Å². The Morgan fingerprint density at radius 3 is 2.39 bits per heavy atom. The number of ether oxygens (including phenoxy) is 2. The number of piperazine rings is 1. The summed E-state index contributed by atoms with van der Waals surface area (Å²) in [5.41, 5.74) is 5.98. The van der Waals surface area contributed by atoms with Gasteiger partial charge in [0.15, 0.2) is 0 Å². The lowest BCUT2D eigenvalue weighted by Gasteiger charge is -2.35. The lowest BCUT2D eigenvalue weighted by atomic mass is 9.98. The molecule has 0 spiro atoms. The normalized spacial score (nSPS) is 15.7. The first-order chi connectivity index (χ1) is 34.4. The SMILES string of the molecule is Cc1nn(C)c(C)c1-c1c(Cl)ccc2c(CCCOc3cccc4cc(F)ccc34)c(C(=O)OC(C)(C)C)n(CCN3CCN(C(=O)Cn4c(C)nc5c(C(=O)NC6CCC(=O)NC6=O)cccc54)CC3)c12. The maximum Gasteiger partial charge on any atom is 0.355 e. The standard InChI is InChI=1S/C54H59ClFN9O7/c1-31-46(32(2)61(7)60-31)47-40(55)19-18-38-37(13-10-28-71-43-15-8-11-34-29-35(56)16-17-36(34)43)50(53(70)72-54(4,5)6)64(49(38)47)27-24-62-22-25-63(26-23-62)45(67)30-65-33(3)57-48-39(12-9-14-42(48)65)51(68)58-41-20-21-44(66)59-52(41)69/h8-9,11-12,14-19,29,41H,10,13,20-28,30H2,1-7H3,(H,58,68)(H,59,66,69). The molecule has 0 aliphatic carbocycles. The zero-order valence-corrected chi connectivity index (χ0v) is 42.4. The second kappa shape index (κ2) is 20.2. The molecule has 376 valence electrons. The molecule has 16 nitrogen and oxygen atoms in total. The molecule has 3 aromatic heterocycles. The summed E-state index contributed by atoms with van der Waals surface area (Å²) in [6.07, 6.45) is 1.37. The molecule has 1 unspecified atom stereocenters. The highest BCUT2D eigenvalue weighted by Gasteiger charge is 2.33. The molecule has 2 N–H and O–H groups in total. The first-order valence-electron chi connectivity index (χ1n) is 24.4. The van der Waals surface area contributed by atoms with Crippen molar-refractivity contribution in [1.29, 1.82) is 0 Å². The molecule has 4 aromatic carbocycles. The molecule has 2 aliphatic heterocycles. The van der Waals surface area contributed by atoms with E-state index in [1.807, 2.05) is 87.6 Å². The van der Waals surface area contributed by atoms with Crippen molar-refractivity contribution < 1.29 is 37.8 Å². The van der Waals surface area contributed by atoms with E-state index < -0.39 is 29.4 Å². The Balaban J connectivity index is 0.956. The molecule has 0 bridgehead atoms. The van der Waals surface area contributed by atoms with E-state index in [1.54, 1.807) is 29.7 Å². The van der Waals surface area contributed by atoms with Crippen LogP contribution in [0.3, 0.4) is 0 Å². The van der Waals surface area contributed by atoms with Crippen LogP contribution in [0.2, 0.25) is 5.02 Å². The Morgan fingerprint density at radius 1 is 0.917 bits per heavy atom. The molecule has 0 saturated carbocycles. The Morgan fingerprint density at radius 2 is 1.67 bits per heavy atom. The lowest BCUT2D eigenvalue weighted by molar-refractivity contribution is -0.135. The summed E-state index contributed by atoms with van der Waals surface area (Å²) in [4.78, 5) is 74.9. The van der Waals surface area contributed by atoms with Crippen LogP contribution >= 0.6 is 11.6 Å². The van der Waals surface area contributed by atoms with E-state index in [4.69, 9.17) is 26.2 Å². The number of carbonyl (C=O) groups excluding carboxylic acids is 5. The Labute approximate surface area is 421 Å². The van der Waals surface area contributed by atoms with Crippen molar-refractivity contribution in [3.8, 4) is 16.9 Å². The van der Waals surface area contributed by atoms with Gasteiger partial charge in [-0.25, -0.2) is 14.2 Å². The number of nitrogens with one attached hydrogen (secondary N) is 2. The fraction of sp³-hybridized carbons (Fsp3) is 0.389. The van der Waals surface area contributed by atoms with Crippen LogP contribution in [0.15, 0.2) is 66.7 Å². The molecule has 2 saturated heterocycles. The number of fused-ring (bicyclic) bond motifs is 3. The number of nitrogens with zero attached hydrogens (tertiary/aromatic N) is 7. The molecule has 7 aromatic rings. The zero-order valence-electron chi connectivity index (χ0n) is 41.7. The fourth-order valence-electron chi connectivity index (χ4n) is 10.1. The van der Waals surface area contributed by atoms with Crippen molar-refractivity contribution >= 4 is 73.9 Å². The second-order valence-electron chi connectivity index (χ2n) is 19.7. The van der Waals surface area contributed by atoms with Crippen LogP contribution in [0.25, 0.3) is 43.8 Å². The third-order valence-corrected chi connectivity index (χ3v) is 14.0. The van der Waals surface area contributed by atoms with Crippen molar-refractivity contribution in [2.45, 2.75) is 92.0 Å². The van der Waals surface area contributed by atoms with Gasteiger partial charge in [0.2, 0.25) is 17.7 Å². The topological polar surface area (TPSA) is 175 Å². The number of piperidine rings is 1. The van der Waals surface area contributed by atoms with Gasteiger partial charge in [0.25, 0.3) is 5.91 Å². The summed E-state index contributed by atoms with van der Waals surface area (Å²) in [5.74, 6) is -1.06. The lowest BCUT2D eigenvalue weighted by Crippen LogP contribution is -2.52. The van der Waals surface area contributed by atoms with Gasteiger partial charge in [0.05, 0.1) is 33.9 Å². The van der Waals surface area contributed by atoms with Crippen LogP contribution < -0.4 is 15.4 Å². The van der Waals surface area contributed by atoms with E-state index in [-0.39, 0.29) is 42.6 Å². The van der Waals surface area contributed by atoms with E-state index in [0.29, 0.717) is 92.0 Å². The van der Waals surface area contributed by atoms with Crippen LogP contribution in [0.1, 0.15) is 83.7 Å². The summed E-state index contributed by atoms with van der Waals surface area (Å²) in [7, 11) is 1.90. The first kappa shape index (κ1) is 49.9. The second-order valence-corrected chi connectivity index (χ2v) is 20.1. The van der Waals surface area contributed by atoms with E-state index in [9.17, 15) is 28.4 Å². The minimum Gasteiger partial charge on any atom is -0.493 e. The van der Waals surface area contributed by atoms with Gasteiger partial charge in [-0.1, -0.05) is 35.9 Å². The van der Waals surface area contributed by atoms with Crippen molar-refractivity contribution in [1.82, 2.24) is 44.3 Å². The van der Waals surface area contributed by atoms with Gasteiger partial charge in [0.1, 0.15) is 46.8 Å². The molecule has 18 heteroatoms. The molecule has 72 heavy (non-hydrogen) atoms. The number of hydrogen-bond acceptors (Lipinski definition) is 10. The van der Waals surface area contributed by atoms with Crippen molar-refractivity contribution in [3.63, 3.8) is 0 Å². The highest BCUT2D eigenvalue weighted by Crippen LogP contribution is 2.42. The van der Waals surface area contributed by atoms with E-state index in [0.717, 1.165) is 49.8 Å². The molecule has 0 radical (unpaired) electrons. The van der Waals surface area contributed by atoms with Crippen LogP contribution in [0.5, 0.6) is 5.75 Å². The van der Waals surface area contributed by atoms with E-state index >= 15 is 0 Å². The third-order valence-electron chi connectivity index (χ3n) is 13.7. The number of aromatic nitrogens is 5. The Hall–Kier alpha value is -7.11. The third kappa shape index (κ3) is 10.0. The van der Waals surface area contributed by atoms with Gasteiger partial charge in [-0.2, -0.15) is 5.10 Å². The number of halogens is 2. The number of carbonyl (C=O) groups is 5. The summed E-state index contributed by atoms with van der Waals surface area (Å²) in [6, 6.07) is 18.4. The molecule has 1 atom stereocenters. The monoisotopic (exact) mass is 999 g/mol. The van der Waals surface area contributed by atoms with Crippen LogP contribution in [0.4, 0.5) is 4.39 Å². The number of aryl methyl sites for hydroxylation is 4. The first-order valence-corrected chi connectivity index (χ1v) is 24.7. The summed E-state index contributed by atoms with van der Waals surface area (Å²) >= 11 is 7.21.